The number of amides is 1. The van der Waals surface area contributed by atoms with Crippen molar-refractivity contribution in [2.24, 2.45) is 0 Å². The molecule has 0 fully saturated rings. The topological polar surface area (TPSA) is 57.8 Å². The molecule has 0 aliphatic rings. The molecule has 0 spiro atoms. The third kappa shape index (κ3) is 2.80. The van der Waals surface area contributed by atoms with Gasteiger partial charge in [0, 0.05) is 27.7 Å². The molecule has 4 nitrogen and oxygen atoms in total. The number of nitrogens with one attached hydrogen (secondary N) is 2. The van der Waals surface area contributed by atoms with Gasteiger partial charge in [0.2, 0.25) is 5.91 Å². The number of thiazole rings is 1. The summed E-state index contributed by atoms with van der Waals surface area (Å²) < 4.78 is 13.4. The third-order valence-corrected chi connectivity index (χ3v) is 4.11. The van der Waals surface area contributed by atoms with E-state index in [1.165, 1.54) is 23.5 Å². The predicted molar refractivity (Wildman–Crippen MR) is 82.2 cm³/mol. The number of hydrogen-bond acceptors (Lipinski definition) is 3. The van der Waals surface area contributed by atoms with E-state index in [0.717, 1.165) is 27.0 Å². The van der Waals surface area contributed by atoms with Gasteiger partial charge in [0.25, 0.3) is 0 Å². The summed E-state index contributed by atoms with van der Waals surface area (Å²) in [5, 5.41) is 4.10. The van der Waals surface area contributed by atoms with Crippen molar-refractivity contribution >= 4 is 33.3 Å². The van der Waals surface area contributed by atoms with Crippen LogP contribution in [-0.2, 0) is 11.2 Å². The van der Waals surface area contributed by atoms with Crippen LogP contribution in [0.4, 0.5) is 9.52 Å². The van der Waals surface area contributed by atoms with Crippen molar-refractivity contribution in [3.05, 3.63) is 46.3 Å². The summed E-state index contributed by atoms with van der Waals surface area (Å²) in [6.07, 6.45) is 1.90. The minimum absolute atomic E-state index is 0.155. The minimum atomic E-state index is -0.307. The van der Waals surface area contributed by atoms with Gasteiger partial charge in [0.05, 0.1) is 6.42 Å². The SMILES string of the molecule is Cc1cnc(NC(=O)Cc2c(C)[nH]c3ccc(F)cc23)s1. The smallest absolute Gasteiger partial charge is 0.230 e. The van der Waals surface area contributed by atoms with Crippen LogP contribution in [0, 0.1) is 19.7 Å². The second-order valence-electron chi connectivity index (χ2n) is 4.92. The van der Waals surface area contributed by atoms with Gasteiger partial charge in [-0.1, -0.05) is 0 Å². The lowest BCUT2D eigenvalue weighted by atomic mass is 10.1. The molecule has 1 amide bonds. The lowest BCUT2D eigenvalue weighted by Crippen LogP contribution is -2.14. The average molecular weight is 303 g/mol. The number of carbonyl (C=O) groups is 1. The Hall–Kier alpha value is -2.21. The van der Waals surface area contributed by atoms with Crippen LogP contribution in [-0.4, -0.2) is 15.9 Å². The summed E-state index contributed by atoms with van der Waals surface area (Å²) in [5.74, 6) is -0.462. The van der Waals surface area contributed by atoms with Gasteiger partial charge in [0.1, 0.15) is 5.82 Å². The summed E-state index contributed by atoms with van der Waals surface area (Å²) in [7, 11) is 0. The number of rotatable bonds is 3. The van der Waals surface area contributed by atoms with E-state index < -0.39 is 0 Å². The highest BCUT2D eigenvalue weighted by molar-refractivity contribution is 7.15. The Bertz CT molecular complexity index is 822. The normalized spacial score (nSPS) is 11.0. The molecule has 21 heavy (non-hydrogen) atoms. The zero-order valence-electron chi connectivity index (χ0n) is 11.7. The summed E-state index contributed by atoms with van der Waals surface area (Å²) in [6.45, 7) is 3.81. The molecule has 0 saturated carbocycles. The van der Waals surface area contributed by atoms with E-state index in [4.69, 9.17) is 0 Å². The highest BCUT2D eigenvalue weighted by atomic mass is 32.1. The highest BCUT2D eigenvalue weighted by Gasteiger charge is 2.14. The maximum absolute atomic E-state index is 13.4. The molecular formula is C15H14FN3OS. The molecule has 1 aromatic carbocycles. The van der Waals surface area contributed by atoms with Gasteiger partial charge < -0.3 is 10.3 Å². The maximum atomic E-state index is 13.4. The molecule has 6 heteroatoms. The molecule has 0 atom stereocenters. The number of anilines is 1. The molecule has 2 aromatic heterocycles. The van der Waals surface area contributed by atoms with Crippen LogP contribution < -0.4 is 5.32 Å². The van der Waals surface area contributed by atoms with Crippen molar-refractivity contribution in [3.63, 3.8) is 0 Å². The van der Waals surface area contributed by atoms with Gasteiger partial charge in [-0.15, -0.1) is 11.3 Å². The van der Waals surface area contributed by atoms with Gasteiger partial charge in [-0.25, -0.2) is 9.37 Å². The van der Waals surface area contributed by atoms with Crippen LogP contribution in [0.5, 0.6) is 0 Å². The number of aromatic amines is 1. The number of halogens is 1. The predicted octanol–water partition coefficient (Wildman–Crippen LogP) is 3.56. The Kier molecular flexibility index (Phi) is 3.47. The van der Waals surface area contributed by atoms with E-state index in [1.54, 1.807) is 12.3 Å². The molecule has 108 valence electrons. The van der Waals surface area contributed by atoms with Gasteiger partial charge in [-0.05, 0) is 37.6 Å². The number of aromatic nitrogens is 2. The van der Waals surface area contributed by atoms with Crippen molar-refractivity contribution in [1.82, 2.24) is 9.97 Å². The van der Waals surface area contributed by atoms with Crippen LogP contribution >= 0.6 is 11.3 Å². The standard InChI is InChI=1S/C15H14FN3OS/c1-8-7-17-15(21-8)19-14(20)6-11-9(2)18-13-4-3-10(16)5-12(11)13/h3-5,7,18H,6H2,1-2H3,(H,17,19,20). The number of hydrogen-bond donors (Lipinski definition) is 2. The number of benzene rings is 1. The van der Waals surface area contributed by atoms with Gasteiger partial charge in [-0.2, -0.15) is 0 Å². The fraction of sp³-hybridized carbons (Fsp3) is 0.200. The van der Waals surface area contributed by atoms with Crippen LogP contribution in [0.25, 0.3) is 10.9 Å². The number of H-pyrrole nitrogens is 1. The average Bonchev–Trinajstić information content (AvgIpc) is 2.95. The number of nitrogens with zero attached hydrogens (tertiary/aromatic N) is 1. The van der Waals surface area contributed by atoms with E-state index in [9.17, 15) is 9.18 Å². The molecular weight excluding hydrogens is 289 g/mol. The molecule has 0 radical (unpaired) electrons. The first-order chi connectivity index (χ1) is 10.0. The summed E-state index contributed by atoms with van der Waals surface area (Å²) in [4.78, 5) is 20.4. The van der Waals surface area contributed by atoms with Gasteiger partial charge in [-0.3, -0.25) is 4.79 Å². The molecule has 0 unspecified atom stereocenters. The molecule has 3 rings (SSSR count). The van der Waals surface area contributed by atoms with Crippen LogP contribution in [0.15, 0.2) is 24.4 Å². The molecule has 2 N–H and O–H groups in total. The molecule has 0 aliphatic carbocycles. The number of aryl methyl sites for hydroxylation is 2. The summed E-state index contributed by atoms with van der Waals surface area (Å²) in [5.41, 5.74) is 2.53. The van der Waals surface area contributed by atoms with Gasteiger partial charge in [0.15, 0.2) is 5.13 Å². The number of carbonyl (C=O) groups excluding carboxylic acids is 1. The monoisotopic (exact) mass is 303 g/mol. The van der Waals surface area contributed by atoms with Crippen LogP contribution in [0.3, 0.4) is 0 Å². The number of fused-ring (bicyclic) bond motifs is 1. The fourth-order valence-corrected chi connectivity index (χ4v) is 3.00. The molecule has 2 heterocycles. The zero-order chi connectivity index (χ0) is 15.0. The van der Waals surface area contributed by atoms with Crippen LogP contribution in [0.1, 0.15) is 16.1 Å². The Morgan fingerprint density at radius 2 is 2.24 bits per heavy atom. The second kappa shape index (κ2) is 5.29. The van der Waals surface area contributed by atoms with Crippen molar-refractivity contribution in [1.29, 1.82) is 0 Å². The Balaban J connectivity index is 1.85. The fourth-order valence-electron chi connectivity index (χ4n) is 2.32. The summed E-state index contributed by atoms with van der Waals surface area (Å²) in [6, 6.07) is 4.54. The third-order valence-electron chi connectivity index (χ3n) is 3.29. The first-order valence-corrected chi connectivity index (χ1v) is 7.33. The lowest BCUT2D eigenvalue weighted by molar-refractivity contribution is -0.115. The Labute approximate surface area is 125 Å². The Morgan fingerprint density at radius 3 is 2.95 bits per heavy atom. The van der Waals surface area contributed by atoms with Gasteiger partial charge >= 0.3 is 0 Å². The van der Waals surface area contributed by atoms with E-state index >= 15 is 0 Å². The zero-order valence-corrected chi connectivity index (χ0v) is 12.5. The quantitative estimate of drug-likeness (QED) is 0.777. The molecule has 0 aliphatic heterocycles. The highest BCUT2D eigenvalue weighted by Crippen LogP contribution is 2.24. The van der Waals surface area contributed by atoms with Crippen molar-refractivity contribution < 1.29 is 9.18 Å². The molecule has 3 aromatic rings. The summed E-state index contributed by atoms with van der Waals surface area (Å²) >= 11 is 1.43. The van der Waals surface area contributed by atoms with Crippen molar-refractivity contribution in [2.75, 3.05) is 5.32 Å². The first-order valence-electron chi connectivity index (χ1n) is 6.52. The maximum Gasteiger partial charge on any atom is 0.230 e. The van der Waals surface area contributed by atoms with Crippen molar-refractivity contribution in [3.8, 4) is 0 Å². The molecule has 0 saturated heterocycles. The van der Waals surface area contributed by atoms with E-state index in [2.05, 4.69) is 15.3 Å². The molecule has 0 bridgehead atoms. The minimum Gasteiger partial charge on any atom is -0.358 e. The van der Waals surface area contributed by atoms with E-state index in [-0.39, 0.29) is 18.1 Å². The van der Waals surface area contributed by atoms with E-state index in [0.29, 0.717) is 5.13 Å². The first kappa shape index (κ1) is 13.8. The lowest BCUT2D eigenvalue weighted by Gasteiger charge is -2.02. The van der Waals surface area contributed by atoms with Crippen LogP contribution in [0.2, 0.25) is 0 Å². The van der Waals surface area contributed by atoms with E-state index in [1.807, 2.05) is 13.8 Å². The Morgan fingerprint density at radius 1 is 1.43 bits per heavy atom. The second-order valence-corrected chi connectivity index (χ2v) is 6.15. The largest absolute Gasteiger partial charge is 0.358 e. The van der Waals surface area contributed by atoms with Crippen molar-refractivity contribution in [2.45, 2.75) is 20.3 Å².